The molecule has 5 nitrogen and oxygen atoms in total. The van der Waals surface area contributed by atoms with Gasteiger partial charge in [0.25, 0.3) is 0 Å². The van der Waals surface area contributed by atoms with E-state index >= 15 is 0 Å². The normalized spacial score (nSPS) is 19.1. The molecule has 29 heavy (non-hydrogen) atoms. The number of hydrogen-bond acceptors (Lipinski definition) is 3. The Morgan fingerprint density at radius 3 is 2.31 bits per heavy atom. The standard InChI is InChI=1S/C24H29N3O2/c1-17-8-9-18(2)22(14-17)25-10-12-26(13-11-25)24(29)23-15-20-6-4-5-7-21(20)16-27(23)19(3)28/h4-9,14,23H,10-13,15-16H2,1-3H3. The molecule has 2 aliphatic rings. The highest BCUT2D eigenvalue weighted by Crippen LogP contribution is 2.26. The smallest absolute Gasteiger partial charge is 0.245 e. The van der Waals surface area contributed by atoms with Crippen molar-refractivity contribution in [3.8, 4) is 0 Å². The number of nitrogens with zero attached hydrogens (tertiary/aromatic N) is 3. The Morgan fingerprint density at radius 1 is 0.931 bits per heavy atom. The predicted molar refractivity (Wildman–Crippen MR) is 115 cm³/mol. The lowest BCUT2D eigenvalue weighted by atomic mass is 9.93. The lowest BCUT2D eigenvalue weighted by Crippen LogP contribution is -2.57. The van der Waals surface area contributed by atoms with E-state index in [9.17, 15) is 9.59 Å². The molecule has 0 N–H and O–H groups in total. The molecule has 1 unspecified atom stereocenters. The first-order valence-electron chi connectivity index (χ1n) is 10.4. The number of aryl methyl sites for hydroxylation is 2. The fourth-order valence-electron chi connectivity index (χ4n) is 4.51. The van der Waals surface area contributed by atoms with Crippen LogP contribution in [-0.2, 0) is 22.6 Å². The highest BCUT2D eigenvalue weighted by Gasteiger charge is 2.36. The number of carbonyl (C=O) groups excluding carboxylic acids is 2. The van der Waals surface area contributed by atoms with Gasteiger partial charge >= 0.3 is 0 Å². The summed E-state index contributed by atoms with van der Waals surface area (Å²) in [5, 5.41) is 0. The maximum Gasteiger partial charge on any atom is 0.245 e. The van der Waals surface area contributed by atoms with Crippen LogP contribution in [0.4, 0.5) is 5.69 Å². The van der Waals surface area contributed by atoms with Crippen molar-refractivity contribution in [3.63, 3.8) is 0 Å². The van der Waals surface area contributed by atoms with Crippen LogP contribution in [0.5, 0.6) is 0 Å². The van der Waals surface area contributed by atoms with Crippen LogP contribution in [-0.4, -0.2) is 53.8 Å². The first-order valence-corrected chi connectivity index (χ1v) is 10.4. The lowest BCUT2D eigenvalue weighted by molar-refractivity contribution is -0.146. The van der Waals surface area contributed by atoms with Crippen LogP contribution in [0.15, 0.2) is 42.5 Å². The van der Waals surface area contributed by atoms with Gasteiger partial charge in [0.1, 0.15) is 6.04 Å². The van der Waals surface area contributed by atoms with Gasteiger partial charge in [0.15, 0.2) is 0 Å². The summed E-state index contributed by atoms with van der Waals surface area (Å²) in [6.45, 7) is 9.35. The molecular weight excluding hydrogens is 362 g/mol. The Hall–Kier alpha value is -2.82. The molecule has 5 heteroatoms. The molecule has 0 bridgehead atoms. The minimum atomic E-state index is -0.394. The van der Waals surface area contributed by atoms with Gasteiger partial charge in [-0.15, -0.1) is 0 Å². The summed E-state index contributed by atoms with van der Waals surface area (Å²) >= 11 is 0. The van der Waals surface area contributed by atoms with Crippen LogP contribution in [0.3, 0.4) is 0 Å². The number of benzene rings is 2. The Kier molecular flexibility index (Phi) is 5.31. The van der Waals surface area contributed by atoms with Crippen molar-refractivity contribution in [1.29, 1.82) is 0 Å². The topological polar surface area (TPSA) is 43.9 Å². The molecule has 152 valence electrons. The van der Waals surface area contributed by atoms with E-state index in [0.29, 0.717) is 26.1 Å². The molecule has 1 saturated heterocycles. The molecule has 0 saturated carbocycles. The minimum Gasteiger partial charge on any atom is -0.368 e. The van der Waals surface area contributed by atoms with Gasteiger partial charge in [-0.1, -0.05) is 36.4 Å². The van der Waals surface area contributed by atoms with E-state index in [2.05, 4.69) is 49.1 Å². The molecule has 2 aromatic carbocycles. The summed E-state index contributed by atoms with van der Waals surface area (Å²) in [6, 6.07) is 14.2. The molecule has 0 aliphatic carbocycles. The number of carbonyl (C=O) groups is 2. The van der Waals surface area contributed by atoms with Gasteiger partial charge in [-0.25, -0.2) is 0 Å². The van der Waals surface area contributed by atoms with Crippen LogP contribution in [0.25, 0.3) is 0 Å². The number of rotatable bonds is 2. The maximum atomic E-state index is 13.4. The Balaban J connectivity index is 1.47. The molecule has 2 heterocycles. The summed E-state index contributed by atoms with van der Waals surface area (Å²) in [7, 11) is 0. The van der Waals surface area contributed by atoms with Gasteiger partial charge in [0.05, 0.1) is 0 Å². The van der Waals surface area contributed by atoms with Gasteiger partial charge in [-0.05, 0) is 42.2 Å². The molecular formula is C24H29N3O2. The number of fused-ring (bicyclic) bond motifs is 1. The highest BCUT2D eigenvalue weighted by molar-refractivity contribution is 5.88. The molecule has 1 atom stereocenters. The van der Waals surface area contributed by atoms with Crippen molar-refractivity contribution < 1.29 is 9.59 Å². The van der Waals surface area contributed by atoms with Crippen molar-refractivity contribution >= 4 is 17.5 Å². The average Bonchev–Trinajstić information content (AvgIpc) is 2.74. The summed E-state index contributed by atoms with van der Waals surface area (Å²) < 4.78 is 0. The summed E-state index contributed by atoms with van der Waals surface area (Å²) in [4.78, 5) is 31.7. The van der Waals surface area contributed by atoms with E-state index in [4.69, 9.17) is 0 Å². The molecule has 2 aliphatic heterocycles. The average molecular weight is 392 g/mol. The minimum absolute atomic E-state index is 0.0353. The van der Waals surface area contributed by atoms with Crippen LogP contribution in [0.2, 0.25) is 0 Å². The molecule has 2 amide bonds. The van der Waals surface area contributed by atoms with Crippen LogP contribution in [0, 0.1) is 13.8 Å². The molecule has 2 aromatic rings. The third kappa shape index (κ3) is 3.86. The van der Waals surface area contributed by atoms with Gasteiger partial charge in [0.2, 0.25) is 11.8 Å². The largest absolute Gasteiger partial charge is 0.368 e. The van der Waals surface area contributed by atoms with Crippen LogP contribution < -0.4 is 4.90 Å². The second-order valence-corrected chi connectivity index (χ2v) is 8.24. The van der Waals surface area contributed by atoms with Crippen LogP contribution >= 0.6 is 0 Å². The quantitative estimate of drug-likeness (QED) is 0.791. The Morgan fingerprint density at radius 2 is 1.62 bits per heavy atom. The SMILES string of the molecule is CC(=O)N1Cc2ccccc2CC1C(=O)N1CCN(c2cc(C)ccc2C)CC1. The second-order valence-electron chi connectivity index (χ2n) is 8.24. The summed E-state index contributed by atoms with van der Waals surface area (Å²) in [6.07, 6.45) is 0.603. The van der Waals surface area contributed by atoms with E-state index < -0.39 is 6.04 Å². The van der Waals surface area contributed by atoms with E-state index in [0.717, 1.165) is 18.7 Å². The first kappa shape index (κ1) is 19.5. The van der Waals surface area contributed by atoms with Crippen molar-refractivity contribution in [2.75, 3.05) is 31.1 Å². The number of anilines is 1. The van der Waals surface area contributed by atoms with Crippen molar-refractivity contribution in [2.45, 2.75) is 39.8 Å². The summed E-state index contributed by atoms with van der Waals surface area (Å²) in [5.41, 5.74) is 6.10. The fraction of sp³-hybridized carbons (Fsp3) is 0.417. The van der Waals surface area contributed by atoms with Gasteiger partial charge < -0.3 is 14.7 Å². The highest BCUT2D eigenvalue weighted by atomic mass is 16.2. The molecule has 0 aromatic heterocycles. The monoisotopic (exact) mass is 391 g/mol. The second kappa shape index (κ2) is 7.90. The third-order valence-electron chi connectivity index (χ3n) is 6.23. The number of hydrogen-bond donors (Lipinski definition) is 0. The van der Waals surface area contributed by atoms with Crippen molar-refractivity contribution in [3.05, 3.63) is 64.7 Å². The van der Waals surface area contributed by atoms with E-state index in [1.54, 1.807) is 11.8 Å². The Bertz CT molecular complexity index is 931. The zero-order valence-corrected chi connectivity index (χ0v) is 17.5. The van der Waals surface area contributed by atoms with Crippen LogP contribution in [0.1, 0.15) is 29.2 Å². The third-order valence-corrected chi connectivity index (χ3v) is 6.23. The first-order chi connectivity index (χ1) is 13.9. The molecule has 0 radical (unpaired) electrons. The van der Waals surface area contributed by atoms with E-state index in [1.165, 1.54) is 22.4 Å². The van der Waals surface area contributed by atoms with Gasteiger partial charge in [0, 0.05) is 51.8 Å². The fourth-order valence-corrected chi connectivity index (χ4v) is 4.51. The van der Waals surface area contributed by atoms with Crippen molar-refractivity contribution in [2.24, 2.45) is 0 Å². The molecule has 0 spiro atoms. The van der Waals surface area contributed by atoms with Gasteiger partial charge in [-0.2, -0.15) is 0 Å². The number of piperazine rings is 1. The Labute approximate surface area is 172 Å². The van der Waals surface area contributed by atoms with Gasteiger partial charge in [-0.3, -0.25) is 9.59 Å². The molecule has 4 rings (SSSR count). The zero-order chi connectivity index (χ0) is 20.5. The maximum absolute atomic E-state index is 13.4. The van der Waals surface area contributed by atoms with E-state index in [-0.39, 0.29) is 11.8 Å². The van der Waals surface area contributed by atoms with E-state index in [1.807, 2.05) is 17.0 Å². The zero-order valence-electron chi connectivity index (χ0n) is 17.5. The predicted octanol–water partition coefficient (Wildman–Crippen LogP) is 2.93. The lowest BCUT2D eigenvalue weighted by Gasteiger charge is -2.42. The van der Waals surface area contributed by atoms with Crippen molar-refractivity contribution in [1.82, 2.24) is 9.80 Å². The molecule has 1 fully saturated rings. The number of amides is 2. The summed E-state index contributed by atoms with van der Waals surface area (Å²) in [5.74, 6) is 0.0437.